The number of carbonyl (C=O) groups excluding carboxylic acids is 1. The van der Waals surface area contributed by atoms with Gasteiger partial charge < -0.3 is 10.1 Å². The zero-order chi connectivity index (χ0) is 20.1. The van der Waals surface area contributed by atoms with E-state index in [4.69, 9.17) is 4.74 Å². The number of methoxy groups -OCH3 is 1. The third kappa shape index (κ3) is 4.61. The van der Waals surface area contributed by atoms with E-state index < -0.39 is 0 Å². The third-order valence-electron chi connectivity index (χ3n) is 5.00. The summed E-state index contributed by atoms with van der Waals surface area (Å²) in [5, 5.41) is 3.24. The van der Waals surface area contributed by atoms with E-state index in [-0.39, 0.29) is 11.9 Å². The predicted octanol–water partition coefficient (Wildman–Crippen LogP) is 5.07. The lowest BCUT2D eigenvalue weighted by atomic mass is 9.93. The van der Waals surface area contributed by atoms with Crippen LogP contribution in [0.2, 0.25) is 0 Å². The van der Waals surface area contributed by atoms with Crippen LogP contribution in [0.3, 0.4) is 0 Å². The van der Waals surface area contributed by atoms with Crippen molar-refractivity contribution in [3.05, 3.63) is 100 Å². The van der Waals surface area contributed by atoms with Gasteiger partial charge in [-0.3, -0.25) is 4.79 Å². The van der Waals surface area contributed by atoms with E-state index in [1.807, 2.05) is 43.3 Å². The van der Waals surface area contributed by atoms with E-state index in [1.165, 1.54) is 11.1 Å². The number of rotatable bonds is 6. The van der Waals surface area contributed by atoms with E-state index in [0.717, 1.165) is 28.0 Å². The summed E-state index contributed by atoms with van der Waals surface area (Å²) in [5.74, 6) is 0.833. The second-order valence-electron chi connectivity index (χ2n) is 7.25. The summed E-state index contributed by atoms with van der Waals surface area (Å²) in [5.41, 5.74) is 6.59. The molecule has 1 amide bonds. The molecule has 3 aromatic rings. The van der Waals surface area contributed by atoms with Crippen molar-refractivity contribution in [3.8, 4) is 5.75 Å². The molecule has 144 valence electrons. The van der Waals surface area contributed by atoms with E-state index in [0.29, 0.717) is 6.42 Å². The first-order valence-electron chi connectivity index (χ1n) is 9.53. The molecule has 0 aliphatic heterocycles. The summed E-state index contributed by atoms with van der Waals surface area (Å²) < 4.78 is 5.31. The second-order valence-corrected chi connectivity index (χ2v) is 7.25. The quantitative estimate of drug-likeness (QED) is 0.655. The largest absolute Gasteiger partial charge is 0.496 e. The molecule has 0 bridgehead atoms. The maximum absolute atomic E-state index is 12.9. The van der Waals surface area contributed by atoms with Gasteiger partial charge in [-0.2, -0.15) is 0 Å². The second kappa shape index (κ2) is 8.75. The van der Waals surface area contributed by atoms with Gasteiger partial charge in [0.15, 0.2) is 0 Å². The minimum atomic E-state index is -0.173. The van der Waals surface area contributed by atoms with E-state index >= 15 is 0 Å². The Morgan fingerprint density at radius 2 is 1.68 bits per heavy atom. The Balaban J connectivity index is 1.85. The number of hydrogen-bond acceptors (Lipinski definition) is 2. The van der Waals surface area contributed by atoms with E-state index in [9.17, 15) is 4.79 Å². The smallest absolute Gasteiger partial charge is 0.225 e. The third-order valence-corrected chi connectivity index (χ3v) is 5.00. The standard InChI is InChI=1S/C25H27NO2/c1-17-10-12-22(18(2)14-17)25(21-8-6-5-7-9-21)26-24(27)16-20-11-13-23(28-4)19(3)15-20/h5-15,25H,16H2,1-4H3,(H,26,27). The van der Waals surface area contributed by atoms with Crippen LogP contribution in [0.1, 0.15) is 39.4 Å². The van der Waals surface area contributed by atoms with Gasteiger partial charge in [0.1, 0.15) is 5.75 Å². The molecular weight excluding hydrogens is 346 g/mol. The monoisotopic (exact) mass is 373 g/mol. The van der Waals surface area contributed by atoms with Crippen molar-refractivity contribution in [1.29, 1.82) is 0 Å². The van der Waals surface area contributed by atoms with Crippen molar-refractivity contribution in [2.45, 2.75) is 33.2 Å². The van der Waals surface area contributed by atoms with Gasteiger partial charge in [0.2, 0.25) is 5.91 Å². The molecule has 3 rings (SSSR count). The lowest BCUT2D eigenvalue weighted by Crippen LogP contribution is -2.31. The number of aryl methyl sites for hydroxylation is 3. The summed E-state index contributed by atoms with van der Waals surface area (Å²) in [7, 11) is 1.66. The first-order chi connectivity index (χ1) is 13.5. The first kappa shape index (κ1) is 19.7. The van der Waals surface area contributed by atoms with Crippen LogP contribution in [0.25, 0.3) is 0 Å². The van der Waals surface area contributed by atoms with Crippen molar-refractivity contribution in [2.75, 3.05) is 7.11 Å². The minimum Gasteiger partial charge on any atom is -0.496 e. The molecule has 1 atom stereocenters. The number of nitrogens with one attached hydrogen (secondary N) is 1. The number of amides is 1. The molecule has 0 aliphatic carbocycles. The van der Waals surface area contributed by atoms with Crippen LogP contribution in [-0.4, -0.2) is 13.0 Å². The fourth-order valence-corrected chi connectivity index (χ4v) is 3.58. The first-order valence-corrected chi connectivity index (χ1v) is 9.53. The molecule has 0 heterocycles. The number of benzene rings is 3. The van der Waals surface area contributed by atoms with Gasteiger partial charge in [0, 0.05) is 0 Å². The molecule has 0 radical (unpaired) electrons. The maximum Gasteiger partial charge on any atom is 0.225 e. The van der Waals surface area contributed by atoms with Crippen LogP contribution >= 0.6 is 0 Å². The molecule has 0 saturated heterocycles. The van der Waals surface area contributed by atoms with Crippen LogP contribution in [0.5, 0.6) is 5.75 Å². The lowest BCUT2D eigenvalue weighted by molar-refractivity contribution is -0.120. The van der Waals surface area contributed by atoms with Crippen molar-refractivity contribution in [1.82, 2.24) is 5.32 Å². The molecule has 1 unspecified atom stereocenters. The molecule has 1 N–H and O–H groups in total. The normalized spacial score (nSPS) is 11.7. The Morgan fingerprint density at radius 1 is 0.929 bits per heavy atom. The Kier molecular flexibility index (Phi) is 6.15. The van der Waals surface area contributed by atoms with Gasteiger partial charge in [0.05, 0.1) is 19.6 Å². The fourth-order valence-electron chi connectivity index (χ4n) is 3.58. The van der Waals surface area contributed by atoms with Crippen LogP contribution in [0.15, 0.2) is 66.7 Å². The SMILES string of the molecule is COc1ccc(CC(=O)NC(c2ccccc2)c2ccc(C)cc2C)cc1C. The summed E-state index contributed by atoms with van der Waals surface area (Å²) in [6, 6.07) is 22.2. The highest BCUT2D eigenvalue weighted by atomic mass is 16.5. The predicted molar refractivity (Wildman–Crippen MR) is 114 cm³/mol. The Hall–Kier alpha value is -3.07. The van der Waals surface area contributed by atoms with Gasteiger partial charge >= 0.3 is 0 Å². The summed E-state index contributed by atoms with van der Waals surface area (Å²) in [4.78, 5) is 12.9. The van der Waals surface area contributed by atoms with Crippen LogP contribution in [-0.2, 0) is 11.2 Å². The highest BCUT2D eigenvalue weighted by molar-refractivity contribution is 5.79. The molecule has 3 heteroatoms. The molecule has 0 aromatic heterocycles. The van der Waals surface area contributed by atoms with Gasteiger partial charge in [0.25, 0.3) is 0 Å². The van der Waals surface area contributed by atoms with Gasteiger partial charge in [-0.25, -0.2) is 0 Å². The van der Waals surface area contributed by atoms with Gasteiger partial charge in [-0.1, -0.05) is 66.2 Å². The molecule has 3 aromatic carbocycles. The molecule has 28 heavy (non-hydrogen) atoms. The molecule has 3 nitrogen and oxygen atoms in total. The van der Waals surface area contributed by atoms with E-state index in [1.54, 1.807) is 7.11 Å². The number of hydrogen-bond donors (Lipinski definition) is 1. The fraction of sp³-hybridized carbons (Fsp3) is 0.240. The van der Waals surface area contributed by atoms with Crippen LogP contribution < -0.4 is 10.1 Å². The zero-order valence-electron chi connectivity index (χ0n) is 17.0. The van der Waals surface area contributed by atoms with Crippen LogP contribution in [0.4, 0.5) is 0 Å². The van der Waals surface area contributed by atoms with Crippen molar-refractivity contribution in [3.63, 3.8) is 0 Å². The van der Waals surface area contributed by atoms with Gasteiger partial charge in [-0.05, 0) is 54.7 Å². The topological polar surface area (TPSA) is 38.3 Å². The Labute approximate surface area is 167 Å². The molecular formula is C25H27NO2. The molecule has 0 fully saturated rings. The number of carbonyl (C=O) groups is 1. The number of ether oxygens (including phenoxy) is 1. The van der Waals surface area contributed by atoms with Gasteiger partial charge in [-0.15, -0.1) is 0 Å². The zero-order valence-corrected chi connectivity index (χ0v) is 17.0. The van der Waals surface area contributed by atoms with Crippen molar-refractivity contribution in [2.24, 2.45) is 0 Å². The Morgan fingerprint density at radius 3 is 2.32 bits per heavy atom. The highest BCUT2D eigenvalue weighted by Crippen LogP contribution is 2.26. The lowest BCUT2D eigenvalue weighted by Gasteiger charge is -2.22. The molecule has 0 aliphatic rings. The Bertz CT molecular complexity index is 964. The van der Waals surface area contributed by atoms with Crippen molar-refractivity contribution < 1.29 is 9.53 Å². The molecule has 0 saturated carbocycles. The van der Waals surface area contributed by atoms with Crippen molar-refractivity contribution >= 4 is 5.91 Å². The van der Waals surface area contributed by atoms with E-state index in [2.05, 4.69) is 49.5 Å². The summed E-state index contributed by atoms with van der Waals surface area (Å²) in [6.45, 7) is 6.17. The highest BCUT2D eigenvalue weighted by Gasteiger charge is 2.19. The van der Waals surface area contributed by atoms with Crippen LogP contribution in [0, 0.1) is 20.8 Å². The maximum atomic E-state index is 12.9. The molecule has 0 spiro atoms. The minimum absolute atomic E-state index is 0.00149. The summed E-state index contributed by atoms with van der Waals surface area (Å²) >= 11 is 0. The average molecular weight is 373 g/mol. The average Bonchev–Trinajstić information content (AvgIpc) is 2.67. The summed E-state index contributed by atoms with van der Waals surface area (Å²) in [6.07, 6.45) is 0.332.